The van der Waals surface area contributed by atoms with Crippen LogP contribution < -0.4 is 20.3 Å². The van der Waals surface area contributed by atoms with E-state index in [1.165, 1.54) is 6.07 Å². The fourth-order valence-corrected chi connectivity index (χ4v) is 3.16. The van der Waals surface area contributed by atoms with Crippen LogP contribution in [-0.2, 0) is 17.9 Å². The van der Waals surface area contributed by atoms with Crippen LogP contribution in [0.15, 0.2) is 53.5 Å². The number of aliphatic imine (C=N–C) groups is 1. The number of amides is 1. The molecular formula is C21H25F2IN4O2. The van der Waals surface area contributed by atoms with Crippen molar-refractivity contribution in [2.24, 2.45) is 4.99 Å². The molecule has 30 heavy (non-hydrogen) atoms. The van der Waals surface area contributed by atoms with Crippen molar-refractivity contribution in [2.75, 3.05) is 18.5 Å². The van der Waals surface area contributed by atoms with Gasteiger partial charge in [0.05, 0.1) is 0 Å². The fraction of sp³-hybridized carbons (Fsp3) is 0.333. The zero-order valence-electron chi connectivity index (χ0n) is 16.6. The van der Waals surface area contributed by atoms with Crippen LogP contribution in [0.4, 0.5) is 14.5 Å². The van der Waals surface area contributed by atoms with E-state index in [2.05, 4.69) is 20.4 Å². The standard InChI is InChI=1S/C21H24F2N4O2.HI/c1-24-21(26-14-16-5-2-3-6-18(16)29-20(22)23)25-13-15-8-10-17(11-9-15)27-12-4-7-19(27)28;/h2-3,5-6,8-11,20H,4,7,12-14H2,1H3,(H2,24,25,26);1H. The van der Waals surface area contributed by atoms with E-state index in [1.807, 2.05) is 24.3 Å². The number of anilines is 1. The van der Waals surface area contributed by atoms with Crippen molar-refractivity contribution in [2.45, 2.75) is 32.5 Å². The first-order chi connectivity index (χ1) is 14.1. The molecule has 1 amide bonds. The lowest BCUT2D eigenvalue weighted by atomic mass is 10.2. The number of para-hydroxylation sites is 1. The highest BCUT2D eigenvalue weighted by molar-refractivity contribution is 14.0. The lowest BCUT2D eigenvalue weighted by molar-refractivity contribution is -0.117. The van der Waals surface area contributed by atoms with Gasteiger partial charge in [-0.1, -0.05) is 30.3 Å². The highest BCUT2D eigenvalue weighted by Crippen LogP contribution is 2.22. The van der Waals surface area contributed by atoms with Gasteiger partial charge in [-0.2, -0.15) is 8.78 Å². The van der Waals surface area contributed by atoms with Crippen LogP contribution in [-0.4, -0.2) is 32.1 Å². The molecule has 0 aliphatic carbocycles. The summed E-state index contributed by atoms with van der Waals surface area (Å²) in [5, 5.41) is 6.28. The molecule has 0 spiro atoms. The maximum atomic E-state index is 12.5. The monoisotopic (exact) mass is 530 g/mol. The predicted octanol–water partition coefficient (Wildman–Crippen LogP) is 3.90. The number of ether oxygens (including phenoxy) is 1. The summed E-state index contributed by atoms with van der Waals surface area (Å²) >= 11 is 0. The second kappa shape index (κ2) is 11.7. The van der Waals surface area contributed by atoms with Crippen molar-refractivity contribution in [3.05, 3.63) is 59.7 Å². The Morgan fingerprint density at radius 3 is 2.47 bits per heavy atom. The van der Waals surface area contributed by atoms with Crippen LogP contribution >= 0.6 is 24.0 Å². The Bertz CT molecular complexity index is 862. The molecule has 1 saturated heterocycles. The minimum Gasteiger partial charge on any atom is -0.434 e. The van der Waals surface area contributed by atoms with Gasteiger partial charge in [0.1, 0.15) is 5.75 Å². The summed E-state index contributed by atoms with van der Waals surface area (Å²) in [7, 11) is 1.64. The minimum absolute atomic E-state index is 0. The first kappa shape index (κ1) is 23.8. The number of guanidine groups is 1. The van der Waals surface area contributed by atoms with Crippen LogP contribution in [0.1, 0.15) is 24.0 Å². The average molecular weight is 530 g/mol. The molecule has 1 aliphatic heterocycles. The number of halogens is 3. The van der Waals surface area contributed by atoms with Gasteiger partial charge >= 0.3 is 6.61 Å². The second-order valence-corrected chi connectivity index (χ2v) is 6.58. The minimum atomic E-state index is -2.87. The number of benzene rings is 2. The van der Waals surface area contributed by atoms with Gasteiger partial charge in [0.15, 0.2) is 5.96 Å². The normalized spacial score (nSPS) is 13.9. The first-order valence-electron chi connectivity index (χ1n) is 9.43. The smallest absolute Gasteiger partial charge is 0.387 e. The summed E-state index contributed by atoms with van der Waals surface area (Å²) in [6.07, 6.45) is 1.51. The van der Waals surface area contributed by atoms with E-state index >= 15 is 0 Å². The molecule has 1 fully saturated rings. The molecular weight excluding hydrogens is 505 g/mol. The van der Waals surface area contributed by atoms with Crippen molar-refractivity contribution in [1.29, 1.82) is 0 Å². The van der Waals surface area contributed by atoms with Crippen LogP contribution in [0, 0.1) is 0 Å². The number of carbonyl (C=O) groups excluding carboxylic acids is 1. The van der Waals surface area contributed by atoms with E-state index in [9.17, 15) is 13.6 Å². The lowest BCUT2D eigenvalue weighted by Crippen LogP contribution is -2.36. The largest absolute Gasteiger partial charge is 0.434 e. The fourth-order valence-electron chi connectivity index (χ4n) is 3.16. The topological polar surface area (TPSA) is 66.0 Å². The van der Waals surface area contributed by atoms with Gasteiger partial charge in [-0.25, -0.2) is 0 Å². The Labute approximate surface area is 191 Å². The molecule has 0 aromatic heterocycles. The number of nitrogens with one attached hydrogen (secondary N) is 2. The molecule has 0 atom stereocenters. The average Bonchev–Trinajstić information content (AvgIpc) is 3.15. The number of rotatable bonds is 7. The molecule has 9 heteroatoms. The molecule has 6 nitrogen and oxygen atoms in total. The van der Waals surface area contributed by atoms with Crippen molar-refractivity contribution < 1.29 is 18.3 Å². The van der Waals surface area contributed by atoms with Gasteiger partial charge in [-0.3, -0.25) is 9.79 Å². The van der Waals surface area contributed by atoms with Gasteiger partial charge in [-0.15, -0.1) is 24.0 Å². The predicted molar refractivity (Wildman–Crippen MR) is 124 cm³/mol. The summed E-state index contributed by atoms with van der Waals surface area (Å²) in [5.41, 5.74) is 2.55. The van der Waals surface area contributed by atoms with Crippen molar-refractivity contribution in [1.82, 2.24) is 10.6 Å². The van der Waals surface area contributed by atoms with E-state index in [0.29, 0.717) is 31.0 Å². The van der Waals surface area contributed by atoms with Gasteiger partial charge in [-0.05, 0) is 30.2 Å². The van der Waals surface area contributed by atoms with E-state index in [-0.39, 0.29) is 35.6 Å². The molecule has 0 bridgehead atoms. The van der Waals surface area contributed by atoms with Crippen molar-refractivity contribution in [3.8, 4) is 5.75 Å². The molecule has 162 valence electrons. The zero-order chi connectivity index (χ0) is 20.6. The number of nitrogens with zero attached hydrogens (tertiary/aromatic N) is 2. The molecule has 2 N–H and O–H groups in total. The Hall–Kier alpha value is -2.43. The third-order valence-corrected chi connectivity index (χ3v) is 4.64. The third kappa shape index (κ3) is 6.54. The molecule has 2 aromatic carbocycles. The van der Waals surface area contributed by atoms with Crippen LogP contribution in [0.3, 0.4) is 0 Å². The summed E-state index contributed by atoms with van der Waals surface area (Å²) in [6.45, 7) is -1.28. The van der Waals surface area contributed by atoms with E-state index in [1.54, 1.807) is 30.1 Å². The Kier molecular flexibility index (Phi) is 9.28. The van der Waals surface area contributed by atoms with Crippen molar-refractivity contribution in [3.63, 3.8) is 0 Å². The third-order valence-electron chi connectivity index (χ3n) is 4.64. The van der Waals surface area contributed by atoms with Gasteiger partial charge in [0, 0.05) is 44.4 Å². The number of carbonyl (C=O) groups is 1. The molecule has 1 aliphatic rings. The first-order valence-corrected chi connectivity index (χ1v) is 9.43. The van der Waals surface area contributed by atoms with E-state index < -0.39 is 6.61 Å². The molecule has 2 aromatic rings. The summed E-state index contributed by atoms with van der Waals surface area (Å²) in [6, 6.07) is 14.4. The molecule has 0 radical (unpaired) electrons. The highest BCUT2D eigenvalue weighted by atomic mass is 127. The molecule has 3 rings (SSSR count). The SMILES string of the molecule is CN=C(NCc1ccc(N2CCCC2=O)cc1)NCc1ccccc1OC(F)F.I. The quantitative estimate of drug-likeness (QED) is 0.324. The summed E-state index contributed by atoms with van der Waals surface area (Å²) in [5.74, 6) is 0.838. The number of hydrogen-bond donors (Lipinski definition) is 2. The summed E-state index contributed by atoms with van der Waals surface area (Å²) in [4.78, 5) is 17.8. The number of hydrogen-bond acceptors (Lipinski definition) is 3. The second-order valence-electron chi connectivity index (χ2n) is 6.58. The van der Waals surface area contributed by atoms with Gasteiger partial charge < -0.3 is 20.3 Å². The van der Waals surface area contributed by atoms with Gasteiger partial charge in [0.2, 0.25) is 5.91 Å². The maximum Gasteiger partial charge on any atom is 0.387 e. The summed E-state index contributed by atoms with van der Waals surface area (Å²) < 4.78 is 29.6. The Morgan fingerprint density at radius 1 is 1.13 bits per heavy atom. The molecule has 0 saturated carbocycles. The highest BCUT2D eigenvalue weighted by Gasteiger charge is 2.21. The Balaban J connectivity index is 0.00000320. The maximum absolute atomic E-state index is 12.5. The number of alkyl halides is 2. The van der Waals surface area contributed by atoms with Crippen LogP contribution in [0.2, 0.25) is 0 Å². The zero-order valence-corrected chi connectivity index (χ0v) is 18.9. The van der Waals surface area contributed by atoms with E-state index in [4.69, 9.17) is 0 Å². The van der Waals surface area contributed by atoms with Crippen LogP contribution in [0.25, 0.3) is 0 Å². The molecule has 1 heterocycles. The lowest BCUT2D eigenvalue weighted by Gasteiger charge is -2.17. The van der Waals surface area contributed by atoms with Gasteiger partial charge in [0.25, 0.3) is 0 Å². The Morgan fingerprint density at radius 2 is 1.83 bits per heavy atom. The van der Waals surface area contributed by atoms with E-state index in [0.717, 1.165) is 24.2 Å². The van der Waals surface area contributed by atoms with Crippen LogP contribution in [0.5, 0.6) is 5.75 Å². The molecule has 0 unspecified atom stereocenters. The van der Waals surface area contributed by atoms with Crippen molar-refractivity contribution >= 4 is 41.5 Å².